The molecular formula is C25H36N4O2. The van der Waals surface area contributed by atoms with E-state index < -0.39 is 0 Å². The summed E-state index contributed by atoms with van der Waals surface area (Å²) in [6, 6.07) is 7.12. The van der Waals surface area contributed by atoms with Gasteiger partial charge in [-0.25, -0.2) is 0 Å². The van der Waals surface area contributed by atoms with Gasteiger partial charge in [0.2, 0.25) is 5.91 Å². The lowest BCUT2D eigenvalue weighted by Gasteiger charge is -2.39. The fourth-order valence-corrected chi connectivity index (χ4v) is 5.44. The minimum Gasteiger partial charge on any atom is -0.352 e. The van der Waals surface area contributed by atoms with E-state index in [1.807, 2.05) is 44.6 Å². The quantitative estimate of drug-likeness (QED) is 0.773. The molecule has 1 aromatic heterocycles. The molecule has 1 aromatic carbocycles. The maximum absolute atomic E-state index is 12.9. The molecule has 2 aliphatic heterocycles. The SMILES string of the molecule is Cc1ccc2c(C(=O)NC[C@@H]3C[C@H]4CC[C@@H](C3)N4CC(=O)NC(C)(C)C)cn(C)c2c1. The van der Waals surface area contributed by atoms with Crippen molar-refractivity contribution in [3.8, 4) is 0 Å². The van der Waals surface area contributed by atoms with Crippen LogP contribution in [0.3, 0.4) is 0 Å². The summed E-state index contributed by atoms with van der Waals surface area (Å²) in [7, 11) is 1.99. The molecule has 6 heteroatoms. The van der Waals surface area contributed by atoms with Crippen molar-refractivity contribution in [2.24, 2.45) is 13.0 Å². The van der Waals surface area contributed by atoms with Crippen molar-refractivity contribution >= 4 is 22.7 Å². The normalized spacial score (nSPS) is 23.8. The number of hydrogen-bond donors (Lipinski definition) is 2. The summed E-state index contributed by atoms with van der Waals surface area (Å²) < 4.78 is 2.03. The Hall–Kier alpha value is -2.34. The molecule has 168 valence electrons. The number of piperidine rings is 1. The highest BCUT2D eigenvalue weighted by Gasteiger charge is 2.41. The molecule has 0 saturated carbocycles. The van der Waals surface area contributed by atoms with Gasteiger partial charge in [0.15, 0.2) is 0 Å². The number of nitrogens with zero attached hydrogens (tertiary/aromatic N) is 2. The standard InChI is InChI=1S/C25H36N4O2/c1-16-6-9-20-21(14-28(5)22(20)10-16)24(31)26-13-17-11-18-7-8-19(12-17)29(18)15-23(30)27-25(2,3)4/h6,9-10,14,17-19H,7-8,11-13,15H2,1-5H3,(H,26,31)(H,27,30)/t17-,18-,19+. The zero-order valence-electron chi connectivity index (χ0n) is 19.5. The summed E-state index contributed by atoms with van der Waals surface area (Å²) in [6.07, 6.45) is 6.34. The summed E-state index contributed by atoms with van der Waals surface area (Å²) in [6.45, 7) is 9.32. The number of fused-ring (bicyclic) bond motifs is 3. The Kier molecular flexibility index (Phi) is 5.86. The molecule has 2 fully saturated rings. The first-order valence-corrected chi connectivity index (χ1v) is 11.5. The lowest BCUT2D eigenvalue weighted by molar-refractivity contribution is -0.125. The highest BCUT2D eigenvalue weighted by molar-refractivity contribution is 6.07. The first-order chi connectivity index (χ1) is 14.6. The molecule has 0 radical (unpaired) electrons. The van der Waals surface area contributed by atoms with Crippen molar-refractivity contribution in [3.05, 3.63) is 35.5 Å². The Morgan fingerprint density at radius 1 is 1.13 bits per heavy atom. The second-order valence-electron chi connectivity index (χ2n) is 10.6. The molecule has 0 aliphatic carbocycles. The van der Waals surface area contributed by atoms with Crippen LogP contribution in [0, 0.1) is 12.8 Å². The van der Waals surface area contributed by atoms with Crippen LogP contribution in [0.1, 0.15) is 62.4 Å². The van der Waals surface area contributed by atoms with Gasteiger partial charge in [0.05, 0.1) is 12.1 Å². The molecule has 0 spiro atoms. The van der Waals surface area contributed by atoms with Crippen LogP contribution in [-0.4, -0.2) is 52.0 Å². The second-order valence-corrected chi connectivity index (χ2v) is 10.6. The third-order valence-electron chi connectivity index (χ3n) is 6.76. The van der Waals surface area contributed by atoms with E-state index in [-0.39, 0.29) is 17.4 Å². The summed E-state index contributed by atoms with van der Waals surface area (Å²) in [4.78, 5) is 27.7. The van der Waals surface area contributed by atoms with Gasteiger partial charge >= 0.3 is 0 Å². The first kappa shape index (κ1) is 21.9. The molecule has 2 aliphatic rings. The van der Waals surface area contributed by atoms with Gasteiger partial charge in [0.1, 0.15) is 0 Å². The number of hydrogen-bond acceptors (Lipinski definition) is 3. The summed E-state index contributed by atoms with van der Waals surface area (Å²) in [5, 5.41) is 7.28. The molecule has 31 heavy (non-hydrogen) atoms. The van der Waals surface area contributed by atoms with E-state index in [9.17, 15) is 9.59 Å². The van der Waals surface area contributed by atoms with E-state index in [2.05, 4.69) is 34.6 Å². The number of carbonyl (C=O) groups is 2. The molecule has 4 rings (SSSR count). The number of carbonyl (C=O) groups excluding carboxylic acids is 2. The highest BCUT2D eigenvalue weighted by Crippen LogP contribution is 2.38. The van der Waals surface area contributed by atoms with Gasteiger partial charge in [-0.3, -0.25) is 14.5 Å². The van der Waals surface area contributed by atoms with Gasteiger partial charge in [-0.15, -0.1) is 0 Å². The third-order valence-corrected chi connectivity index (χ3v) is 6.76. The van der Waals surface area contributed by atoms with Crippen molar-refractivity contribution in [2.75, 3.05) is 13.1 Å². The molecule has 0 unspecified atom stereocenters. The number of nitrogens with one attached hydrogen (secondary N) is 2. The fourth-order valence-electron chi connectivity index (χ4n) is 5.44. The van der Waals surface area contributed by atoms with E-state index in [1.165, 1.54) is 5.56 Å². The van der Waals surface area contributed by atoms with Gasteiger partial charge in [-0.2, -0.15) is 0 Å². The second kappa shape index (κ2) is 8.30. The van der Waals surface area contributed by atoms with Crippen LogP contribution >= 0.6 is 0 Å². The largest absolute Gasteiger partial charge is 0.352 e. The molecule has 2 N–H and O–H groups in total. The minimum absolute atomic E-state index is 0.00813. The van der Waals surface area contributed by atoms with E-state index in [0.29, 0.717) is 31.1 Å². The van der Waals surface area contributed by atoms with E-state index in [4.69, 9.17) is 0 Å². The Morgan fingerprint density at radius 3 is 2.45 bits per heavy atom. The molecule has 2 bridgehead atoms. The van der Waals surface area contributed by atoms with Gasteiger partial charge in [0, 0.05) is 48.3 Å². The highest BCUT2D eigenvalue weighted by atomic mass is 16.2. The average molecular weight is 425 g/mol. The summed E-state index contributed by atoms with van der Waals surface area (Å²) >= 11 is 0. The predicted molar refractivity (Wildman–Crippen MR) is 124 cm³/mol. The Bertz CT molecular complexity index is 973. The van der Waals surface area contributed by atoms with E-state index in [0.717, 1.165) is 42.1 Å². The lowest BCUT2D eigenvalue weighted by Crippen LogP contribution is -2.52. The van der Waals surface area contributed by atoms with Crippen molar-refractivity contribution in [1.29, 1.82) is 0 Å². The number of benzene rings is 1. The summed E-state index contributed by atoms with van der Waals surface area (Å²) in [5.74, 6) is 0.594. The Labute approximate surface area is 185 Å². The molecule has 3 heterocycles. The van der Waals surface area contributed by atoms with Gasteiger partial charge in [-0.1, -0.05) is 12.1 Å². The Balaban J connectivity index is 1.34. The molecule has 2 saturated heterocycles. The van der Waals surface area contributed by atoms with E-state index >= 15 is 0 Å². The van der Waals surface area contributed by atoms with Crippen LogP contribution < -0.4 is 10.6 Å². The molecule has 2 amide bonds. The van der Waals surface area contributed by atoms with Crippen LogP contribution in [0.25, 0.3) is 10.9 Å². The molecule has 3 atom stereocenters. The maximum atomic E-state index is 12.9. The van der Waals surface area contributed by atoms with Crippen LogP contribution in [0.5, 0.6) is 0 Å². The van der Waals surface area contributed by atoms with Crippen molar-refractivity contribution < 1.29 is 9.59 Å². The third kappa shape index (κ3) is 4.79. The number of rotatable bonds is 5. The average Bonchev–Trinajstić information content (AvgIpc) is 3.10. The van der Waals surface area contributed by atoms with Crippen molar-refractivity contribution in [1.82, 2.24) is 20.1 Å². The smallest absolute Gasteiger partial charge is 0.253 e. The predicted octanol–water partition coefficient (Wildman–Crippen LogP) is 3.37. The van der Waals surface area contributed by atoms with Crippen LogP contribution in [0.4, 0.5) is 0 Å². The monoisotopic (exact) mass is 424 g/mol. The van der Waals surface area contributed by atoms with Crippen molar-refractivity contribution in [3.63, 3.8) is 0 Å². The lowest BCUT2D eigenvalue weighted by atomic mass is 9.90. The maximum Gasteiger partial charge on any atom is 0.253 e. The van der Waals surface area contributed by atoms with Crippen LogP contribution in [-0.2, 0) is 11.8 Å². The Morgan fingerprint density at radius 2 is 1.81 bits per heavy atom. The zero-order chi connectivity index (χ0) is 22.3. The number of aryl methyl sites for hydroxylation is 2. The van der Waals surface area contributed by atoms with Gasteiger partial charge in [0.25, 0.3) is 5.91 Å². The molecule has 2 aromatic rings. The van der Waals surface area contributed by atoms with Crippen LogP contribution in [0.15, 0.2) is 24.4 Å². The van der Waals surface area contributed by atoms with Crippen molar-refractivity contribution in [2.45, 2.75) is 71.0 Å². The van der Waals surface area contributed by atoms with Crippen LogP contribution in [0.2, 0.25) is 0 Å². The molecular weight excluding hydrogens is 388 g/mol. The topological polar surface area (TPSA) is 66.4 Å². The van der Waals surface area contributed by atoms with Gasteiger partial charge < -0.3 is 15.2 Å². The zero-order valence-corrected chi connectivity index (χ0v) is 19.5. The number of amides is 2. The number of aromatic nitrogens is 1. The minimum atomic E-state index is -0.195. The molecule has 6 nitrogen and oxygen atoms in total. The first-order valence-electron chi connectivity index (χ1n) is 11.5. The van der Waals surface area contributed by atoms with E-state index in [1.54, 1.807) is 0 Å². The fraction of sp³-hybridized carbons (Fsp3) is 0.600. The van der Waals surface area contributed by atoms with Gasteiger partial charge in [-0.05, 0) is 70.9 Å². The summed E-state index contributed by atoms with van der Waals surface area (Å²) in [5.41, 5.74) is 2.83.